The van der Waals surface area contributed by atoms with Crippen LogP contribution in [-0.2, 0) is 51.0 Å². The van der Waals surface area contributed by atoms with Crippen LogP contribution in [0.2, 0.25) is 0 Å². The monoisotopic (exact) mass is 836 g/mol. The maximum absolute atomic E-state index is 14.3. The molecule has 0 saturated carbocycles. The van der Waals surface area contributed by atoms with Crippen LogP contribution in [0.25, 0.3) is 0 Å². The first-order valence-corrected chi connectivity index (χ1v) is 22.6. The summed E-state index contributed by atoms with van der Waals surface area (Å²) >= 11 is -0.834. The second-order valence-electron chi connectivity index (χ2n) is 16.8. The van der Waals surface area contributed by atoms with Crippen LogP contribution in [0.15, 0.2) is 30.3 Å². The Morgan fingerprint density at radius 3 is 2.07 bits per heavy atom. The molecule has 58 heavy (non-hydrogen) atoms. The third-order valence-electron chi connectivity index (χ3n) is 11.6. The van der Waals surface area contributed by atoms with E-state index in [1.165, 1.54) is 7.11 Å². The first-order valence-electron chi connectivity index (χ1n) is 20.8. The number of hydrogen-bond donors (Lipinski definition) is 4. The molecule has 15 heteroatoms. The molecule has 0 aromatic heterocycles. The lowest BCUT2D eigenvalue weighted by molar-refractivity contribution is -0.148. The zero-order valence-corrected chi connectivity index (χ0v) is 38.3. The van der Waals surface area contributed by atoms with Gasteiger partial charge in [0.2, 0.25) is 29.5 Å². The average molecular weight is 836 g/mol. The van der Waals surface area contributed by atoms with Gasteiger partial charge in [-0.2, -0.15) is 4.55 Å². The number of likely N-dealkylation sites (tertiary alicyclic amines) is 1. The summed E-state index contributed by atoms with van der Waals surface area (Å²) < 4.78 is 21.7. The Hall–Kier alpha value is -3.24. The molecule has 1 fully saturated rings. The number of methoxy groups -OCH3 is 2. The highest BCUT2D eigenvalue weighted by molar-refractivity contribution is 7.90. The Kier molecular flexibility index (Phi) is 21.7. The summed E-state index contributed by atoms with van der Waals surface area (Å²) in [5.41, 5.74) is 0.883. The molecule has 0 bridgehead atoms. The van der Waals surface area contributed by atoms with E-state index in [0.717, 1.165) is 18.4 Å². The van der Waals surface area contributed by atoms with Crippen molar-refractivity contribution in [3.63, 3.8) is 0 Å². The number of hydrogen-bond acceptors (Lipinski definition) is 9. The number of ether oxygens (including phenoxy) is 2. The number of benzene rings is 1. The van der Waals surface area contributed by atoms with Gasteiger partial charge in [-0.3, -0.25) is 28.9 Å². The second-order valence-corrected chi connectivity index (χ2v) is 18.4. The third kappa shape index (κ3) is 14.5. The van der Waals surface area contributed by atoms with Gasteiger partial charge in [-0.05, 0) is 50.3 Å². The number of amides is 5. The predicted molar refractivity (Wildman–Crippen MR) is 231 cm³/mol. The van der Waals surface area contributed by atoms with E-state index in [1.807, 2.05) is 90.9 Å². The van der Waals surface area contributed by atoms with Crippen molar-refractivity contribution in [1.82, 2.24) is 30.7 Å². The third-order valence-corrected chi connectivity index (χ3v) is 12.4. The SMILES string of the molecule is CC[C@H](C)[C@@H]([C@@H](CC(=O)N1CCC[C@H]1[C@H](OC)[C@@H](C)C(=O)N[C@@H](Cc1ccccc1)C(=O)NCC[S+](C)O)OC)N(C)C(=O)[C@@H](NC(=O)[C@H](C(C)C)N(C)C)C(C)C. The summed E-state index contributed by atoms with van der Waals surface area (Å²) in [5.74, 6) is -1.85. The van der Waals surface area contributed by atoms with Gasteiger partial charge in [-0.15, -0.1) is 0 Å². The summed E-state index contributed by atoms with van der Waals surface area (Å²) in [6.45, 7) is 14.3. The van der Waals surface area contributed by atoms with Crippen molar-refractivity contribution in [3.05, 3.63) is 35.9 Å². The fourth-order valence-electron chi connectivity index (χ4n) is 8.22. The maximum Gasteiger partial charge on any atom is 0.245 e. The second kappa shape index (κ2) is 24.7. The maximum atomic E-state index is 14.3. The molecule has 0 radical (unpaired) electrons. The summed E-state index contributed by atoms with van der Waals surface area (Å²) in [7, 11) is 8.51. The number of carbonyl (C=O) groups excluding carboxylic acids is 5. The van der Waals surface area contributed by atoms with Gasteiger partial charge in [0.1, 0.15) is 29.5 Å². The van der Waals surface area contributed by atoms with E-state index >= 15 is 0 Å². The molecule has 0 aliphatic carbocycles. The highest BCUT2D eigenvalue weighted by Gasteiger charge is 2.43. The van der Waals surface area contributed by atoms with Crippen LogP contribution in [0.3, 0.4) is 0 Å². The van der Waals surface area contributed by atoms with Crippen LogP contribution >= 0.6 is 0 Å². The van der Waals surface area contributed by atoms with Gasteiger partial charge in [0.05, 0.1) is 49.2 Å². The topological polar surface area (TPSA) is 170 Å². The molecule has 330 valence electrons. The number of likely N-dealkylation sites (N-methyl/N-ethyl adjacent to an activating group) is 2. The molecule has 5 amide bonds. The Labute approximate surface area is 351 Å². The van der Waals surface area contributed by atoms with Crippen molar-refractivity contribution in [2.75, 3.05) is 60.5 Å². The summed E-state index contributed by atoms with van der Waals surface area (Å²) in [6.07, 6.45) is 2.71. The van der Waals surface area contributed by atoms with Crippen molar-refractivity contribution >= 4 is 40.7 Å². The Balaban J connectivity index is 2.30. The zero-order chi connectivity index (χ0) is 43.9. The van der Waals surface area contributed by atoms with Crippen LogP contribution < -0.4 is 16.0 Å². The van der Waals surface area contributed by atoms with E-state index < -0.39 is 59.5 Å². The van der Waals surface area contributed by atoms with E-state index in [-0.39, 0.29) is 66.7 Å². The van der Waals surface area contributed by atoms with E-state index in [1.54, 1.807) is 37.1 Å². The van der Waals surface area contributed by atoms with E-state index in [4.69, 9.17) is 9.47 Å². The molecule has 1 saturated heterocycles. The lowest BCUT2D eigenvalue weighted by Crippen LogP contribution is -2.59. The summed E-state index contributed by atoms with van der Waals surface area (Å²) in [6, 6.07) is 6.51. The molecule has 1 aromatic carbocycles. The van der Waals surface area contributed by atoms with Crippen LogP contribution in [-0.4, -0.2) is 152 Å². The Bertz CT molecular complexity index is 1440. The minimum absolute atomic E-state index is 0.00224. The minimum atomic E-state index is -0.860. The zero-order valence-electron chi connectivity index (χ0n) is 37.4. The predicted octanol–water partition coefficient (Wildman–Crippen LogP) is 3.20. The van der Waals surface area contributed by atoms with Gasteiger partial charge < -0.3 is 35.2 Å². The van der Waals surface area contributed by atoms with E-state index in [9.17, 15) is 28.5 Å². The average Bonchev–Trinajstić information content (AvgIpc) is 3.65. The van der Waals surface area contributed by atoms with Gasteiger partial charge in [0.15, 0.2) is 5.75 Å². The molecule has 0 spiro atoms. The van der Waals surface area contributed by atoms with Crippen LogP contribution in [0.4, 0.5) is 0 Å². The quantitative estimate of drug-likeness (QED) is 0.114. The largest absolute Gasteiger partial charge is 0.379 e. The molecule has 1 aromatic rings. The van der Waals surface area contributed by atoms with Crippen molar-refractivity contribution in [2.45, 2.75) is 123 Å². The minimum Gasteiger partial charge on any atom is -0.379 e. The standard InChI is InChI=1S/C43H74N6O8S/c1-14-29(6)38(48(10)43(54)36(27(2)3)46-42(53)37(28(4)5)47(8)9)34(56-11)26-35(50)49-23-18-21-33(49)39(57-12)30(7)40(51)45-32(25-31-19-16-15-17-20-31)41(52)44-22-24-58(13)55/h15-17,19-20,27-30,32-34,36-39,55H,14,18,21-26H2,1-13H3,(H2-,44,45,46,51,52,53)/p+1/t29-,30+,32-,33-,34+,36-,37-,38-,39+,58?/m0/s1. The smallest absolute Gasteiger partial charge is 0.245 e. The fraction of sp³-hybridized carbons (Fsp3) is 0.744. The van der Waals surface area contributed by atoms with Crippen molar-refractivity contribution in [3.8, 4) is 0 Å². The van der Waals surface area contributed by atoms with Gasteiger partial charge >= 0.3 is 0 Å². The van der Waals surface area contributed by atoms with E-state index in [0.29, 0.717) is 18.7 Å². The van der Waals surface area contributed by atoms with Crippen LogP contribution in [0.5, 0.6) is 0 Å². The molecule has 4 N–H and O–H groups in total. The van der Waals surface area contributed by atoms with Crippen molar-refractivity contribution in [2.24, 2.45) is 23.7 Å². The lowest BCUT2D eigenvalue weighted by Gasteiger charge is -2.41. The molecule has 14 nitrogen and oxygen atoms in total. The normalized spacial score (nSPS) is 19.1. The molecule has 1 heterocycles. The summed E-state index contributed by atoms with van der Waals surface area (Å²) in [4.78, 5) is 74.6. The van der Waals surface area contributed by atoms with Crippen LogP contribution in [0.1, 0.15) is 79.7 Å². The van der Waals surface area contributed by atoms with Gasteiger partial charge in [-0.1, -0.05) is 85.2 Å². The molecule has 10 atom stereocenters. The molecule has 1 unspecified atom stereocenters. The van der Waals surface area contributed by atoms with E-state index in [2.05, 4.69) is 16.0 Å². The molecule has 1 aliphatic rings. The molecule has 2 rings (SSSR count). The molecular weight excluding hydrogens is 761 g/mol. The lowest BCUT2D eigenvalue weighted by atomic mass is 9.89. The molecule has 1 aliphatic heterocycles. The first kappa shape index (κ1) is 50.9. The number of nitrogens with zero attached hydrogens (tertiary/aromatic N) is 3. The van der Waals surface area contributed by atoms with Crippen molar-refractivity contribution < 1.29 is 38.0 Å². The van der Waals surface area contributed by atoms with Gasteiger partial charge in [0, 0.05) is 34.2 Å². The fourth-order valence-corrected chi connectivity index (χ4v) is 8.62. The highest BCUT2D eigenvalue weighted by atomic mass is 32.2. The van der Waals surface area contributed by atoms with Crippen molar-refractivity contribution in [1.29, 1.82) is 0 Å². The number of nitrogens with one attached hydrogen (secondary N) is 3. The Morgan fingerprint density at radius 2 is 1.55 bits per heavy atom. The highest BCUT2D eigenvalue weighted by Crippen LogP contribution is 2.30. The Morgan fingerprint density at radius 1 is 0.914 bits per heavy atom. The van der Waals surface area contributed by atoms with Gasteiger partial charge in [0.25, 0.3) is 0 Å². The summed E-state index contributed by atoms with van der Waals surface area (Å²) in [5, 5.41) is 8.83. The molecular formula is C43H75N6O8S+. The number of carbonyl (C=O) groups is 5. The first-order chi connectivity index (χ1) is 27.3. The van der Waals surface area contributed by atoms with Crippen LogP contribution in [0, 0.1) is 23.7 Å². The van der Waals surface area contributed by atoms with Gasteiger partial charge in [-0.25, -0.2) is 0 Å². The number of rotatable bonds is 24.